The number of amides is 1. The fraction of sp³-hybridized carbons (Fsp3) is 0.533. The molecule has 1 amide bonds. The molecule has 4 nitrogen and oxygen atoms in total. The molecule has 1 fully saturated rings. The average molecular weight is 341 g/mol. The predicted molar refractivity (Wildman–Crippen MR) is 82.6 cm³/mol. The zero-order valence-corrected chi connectivity index (χ0v) is 13.5. The SMILES string of the molecule is CC1CN(CC(=O)NC(C)c2ccc(Br)cc2)CCO1. The van der Waals surface area contributed by atoms with E-state index in [1.807, 2.05) is 38.1 Å². The molecular formula is C15H21BrN2O2. The summed E-state index contributed by atoms with van der Waals surface area (Å²) in [5.41, 5.74) is 1.11. The Hall–Kier alpha value is -0.910. The number of nitrogens with zero attached hydrogens (tertiary/aromatic N) is 1. The minimum Gasteiger partial charge on any atom is -0.376 e. The van der Waals surface area contributed by atoms with Crippen LogP contribution in [0.25, 0.3) is 0 Å². The van der Waals surface area contributed by atoms with Crippen molar-refractivity contribution in [1.29, 1.82) is 0 Å². The monoisotopic (exact) mass is 340 g/mol. The van der Waals surface area contributed by atoms with Gasteiger partial charge in [0, 0.05) is 17.6 Å². The van der Waals surface area contributed by atoms with Crippen LogP contribution in [0.1, 0.15) is 25.5 Å². The highest BCUT2D eigenvalue weighted by Crippen LogP contribution is 2.16. The first-order valence-corrected chi connectivity index (χ1v) is 7.72. The molecule has 0 saturated carbocycles. The van der Waals surface area contributed by atoms with Gasteiger partial charge in [-0.05, 0) is 31.5 Å². The van der Waals surface area contributed by atoms with Gasteiger partial charge in [-0.25, -0.2) is 0 Å². The van der Waals surface area contributed by atoms with E-state index in [0.29, 0.717) is 13.2 Å². The molecular weight excluding hydrogens is 320 g/mol. The van der Waals surface area contributed by atoms with Crippen molar-refractivity contribution >= 4 is 21.8 Å². The second kappa shape index (κ2) is 7.20. The number of hydrogen-bond acceptors (Lipinski definition) is 3. The molecule has 5 heteroatoms. The lowest BCUT2D eigenvalue weighted by Crippen LogP contribution is -2.46. The molecule has 20 heavy (non-hydrogen) atoms. The Labute approximate surface area is 128 Å². The summed E-state index contributed by atoms with van der Waals surface area (Å²) in [6.45, 7) is 6.83. The maximum absolute atomic E-state index is 12.1. The molecule has 0 radical (unpaired) electrons. The van der Waals surface area contributed by atoms with Crippen LogP contribution < -0.4 is 5.32 Å². The van der Waals surface area contributed by atoms with Crippen LogP contribution in [0.2, 0.25) is 0 Å². The van der Waals surface area contributed by atoms with Crippen LogP contribution in [-0.2, 0) is 9.53 Å². The average Bonchev–Trinajstić information content (AvgIpc) is 2.39. The first-order valence-electron chi connectivity index (χ1n) is 6.93. The molecule has 1 N–H and O–H groups in total. The van der Waals surface area contributed by atoms with Gasteiger partial charge in [-0.3, -0.25) is 9.69 Å². The number of carbonyl (C=O) groups excluding carboxylic acids is 1. The van der Waals surface area contributed by atoms with Crippen molar-refractivity contribution in [3.8, 4) is 0 Å². The number of carbonyl (C=O) groups is 1. The normalized spacial score (nSPS) is 21.4. The minimum atomic E-state index is 0.0223. The minimum absolute atomic E-state index is 0.0223. The summed E-state index contributed by atoms with van der Waals surface area (Å²) in [6, 6.07) is 8.04. The first-order chi connectivity index (χ1) is 9.54. The molecule has 2 atom stereocenters. The van der Waals surface area contributed by atoms with E-state index in [1.165, 1.54) is 0 Å². The number of halogens is 1. The molecule has 0 aliphatic carbocycles. The fourth-order valence-electron chi connectivity index (χ4n) is 2.36. The van der Waals surface area contributed by atoms with Gasteiger partial charge in [0.2, 0.25) is 5.91 Å². The number of morpholine rings is 1. The Kier molecular flexibility index (Phi) is 5.57. The van der Waals surface area contributed by atoms with Crippen molar-refractivity contribution in [3.63, 3.8) is 0 Å². The highest BCUT2D eigenvalue weighted by Gasteiger charge is 2.19. The van der Waals surface area contributed by atoms with Gasteiger partial charge in [0.1, 0.15) is 0 Å². The van der Waals surface area contributed by atoms with Crippen LogP contribution in [0.4, 0.5) is 0 Å². The lowest BCUT2D eigenvalue weighted by molar-refractivity contribution is -0.124. The van der Waals surface area contributed by atoms with Crippen molar-refractivity contribution in [2.24, 2.45) is 0 Å². The van der Waals surface area contributed by atoms with Crippen molar-refractivity contribution in [2.75, 3.05) is 26.2 Å². The van der Waals surface area contributed by atoms with Crippen LogP contribution in [-0.4, -0.2) is 43.2 Å². The summed E-state index contributed by atoms with van der Waals surface area (Å²) in [5.74, 6) is 0.0644. The maximum atomic E-state index is 12.1. The largest absolute Gasteiger partial charge is 0.376 e. The van der Waals surface area contributed by atoms with Crippen LogP contribution in [0, 0.1) is 0 Å². The lowest BCUT2D eigenvalue weighted by atomic mass is 10.1. The Balaban J connectivity index is 1.83. The van der Waals surface area contributed by atoms with Crippen molar-refractivity contribution in [1.82, 2.24) is 10.2 Å². The van der Waals surface area contributed by atoms with Crippen LogP contribution >= 0.6 is 15.9 Å². The quantitative estimate of drug-likeness (QED) is 0.914. The summed E-state index contributed by atoms with van der Waals surface area (Å²) in [5, 5.41) is 3.04. The third-order valence-electron chi connectivity index (χ3n) is 3.44. The number of ether oxygens (including phenoxy) is 1. The highest BCUT2D eigenvalue weighted by molar-refractivity contribution is 9.10. The van der Waals surface area contributed by atoms with Gasteiger partial charge < -0.3 is 10.1 Å². The van der Waals surface area contributed by atoms with Crippen LogP contribution in [0.15, 0.2) is 28.7 Å². The van der Waals surface area contributed by atoms with Gasteiger partial charge in [0.15, 0.2) is 0 Å². The summed E-state index contributed by atoms with van der Waals surface area (Å²) in [6.07, 6.45) is 0.209. The number of benzene rings is 1. The van der Waals surface area contributed by atoms with Gasteiger partial charge in [0.25, 0.3) is 0 Å². The Morgan fingerprint density at radius 1 is 1.50 bits per heavy atom. The number of rotatable bonds is 4. The lowest BCUT2D eigenvalue weighted by Gasteiger charge is -2.30. The van der Waals surface area contributed by atoms with E-state index in [9.17, 15) is 4.79 Å². The third-order valence-corrected chi connectivity index (χ3v) is 3.97. The van der Waals surface area contributed by atoms with Gasteiger partial charge in [-0.1, -0.05) is 28.1 Å². The van der Waals surface area contributed by atoms with Gasteiger partial charge >= 0.3 is 0 Å². The second-order valence-corrected chi connectivity index (χ2v) is 6.17. The zero-order valence-electron chi connectivity index (χ0n) is 11.9. The highest BCUT2D eigenvalue weighted by atomic mass is 79.9. The number of hydrogen-bond donors (Lipinski definition) is 1. The Morgan fingerprint density at radius 3 is 2.85 bits per heavy atom. The van der Waals surface area contributed by atoms with Gasteiger partial charge in [-0.15, -0.1) is 0 Å². The molecule has 2 rings (SSSR count). The summed E-state index contributed by atoms with van der Waals surface area (Å²) >= 11 is 3.41. The molecule has 1 aliphatic heterocycles. The Morgan fingerprint density at radius 2 is 2.20 bits per heavy atom. The smallest absolute Gasteiger partial charge is 0.234 e. The second-order valence-electron chi connectivity index (χ2n) is 5.26. The molecule has 0 spiro atoms. The van der Waals surface area contributed by atoms with E-state index in [-0.39, 0.29) is 18.1 Å². The molecule has 1 saturated heterocycles. The van der Waals surface area contributed by atoms with E-state index < -0.39 is 0 Å². The van der Waals surface area contributed by atoms with Crippen LogP contribution in [0.3, 0.4) is 0 Å². The van der Waals surface area contributed by atoms with E-state index in [4.69, 9.17) is 4.74 Å². The van der Waals surface area contributed by atoms with Crippen molar-refractivity contribution in [3.05, 3.63) is 34.3 Å². The molecule has 110 valence electrons. The van der Waals surface area contributed by atoms with E-state index in [1.54, 1.807) is 0 Å². The van der Waals surface area contributed by atoms with Crippen LogP contribution in [0.5, 0.6) is 0 Å². The van der Waals surface area contributed by atoms with Gasteiger partial charge in [0.05, 0.1) is 25.3 Å². The molecule has 0 aromatic heterocycles. The molecule has 1 heterocycles. The third kappa shape index (κ3) is 4.58. The fourth-order valence-corrected chi connectivity index (χ4v) is 2.62. The van der Waals surface area contributed by atoms with Crippen molar-refractivity contribution in [2.45, 2.75) is 26.0 Å². The number of nitrogens with one attached hydrogen (secondary N) is 1. The van der Waals surface area contributed by atoms with Gasteiger partial charge in [-0.2, -0.15) is 0 Å². The first kappa shape index (κ1) is 15.5. The standard InChI is InChI=1S/C15H21BrN2O2/c1-11-9-18(7-8-20-11)10-15(19)17-12(2)13-3-5-14(16)6-4-13/h3-6,11-12H,7-10H2,1-2H3,(H,17,19). The topological polar surface area (TPSA) is 41.6 Å². The van der Waals surface area contributed by atoms with E-state index in [0.717, 1.165) is 23.1 Å². The summed E-state index contributed by atoms with van der Waals surface area (Å²) < 4.78 is 6.52. The molecule has 2 unspecified atom stereocenters. The predicted octanol–water partition coefficient (Wildman–Crippen LogP) is 2.35. The summed E-state index contributed by atoms with van der Waals surface area (Å²) in [7, 11) is 0. The Bertz CT molecular complexity index is 450. The zero-order chi connectivity index (χ0) is 14.5. The van der Waals surface area contributed by atoms with Crippen molar-refractivity contribution < 1.29 is 9.53 Å². The summed E-state index contributed by atoms with van der Waals surface area (Å²) in [4.78, 5) is 14.2. The maximum Gasteiger partial charge on any atom is 0.234 e. The van der Waals surface area contributed by atoms with E-state index in [2.05, 4.69) is 26.1 Å². The van der Waals surface area contributed by atoms with E-state index >= 15 is 0 Å². The molecule has 1 aromatic rings. The molecule has 1 aromatic carbocycles. The molecule has 0 bridgehead atoms. The molecule has 1 aliphatic rings.